The van der Waals surface area contributed by atoms with Gasteiger partial charge in [0, 0.05) is 37.8 Å². The molecule has 22 heavy (non-hydrogen) atoms. The van der Waals surface area contributed by atoms with Gasteiger partial charge in [0.15, 0.2) is 0 Å². The molecule has 3 aliphatic heterocycles. The topological polar surface area (TPSA) is 54.6 Å². The first-order chi connectivity index (χ1) is 10.8. The van der Waals surface area contributed by atoms with E-state index in [0.717, 1.165) is 24.4 Å². The van der Waals surface area contributed by atoms with Crippen molar-refractivity contribution in [2.45, 2.75) is 18.9 Å². The van der Waals surface area contributed by atoms with E-state index < -0.39 is 0 Å². The van der Waals surface area contributed by atoms with Crippen LogP contribution in [0.5, 0.6) is 5.75 Å². The van der Waals surface area contributed by atoms with Gasteiger partial charge in [0.25, 0.3) is 0 Å². The molecule has 3 aliphatic rings. The molecular formula is C16H20N4O2. The van der Waals surface area contributed by atoms with Crippen molar-refractivity contribution in [1.29, 1.82) is 0 Å². The van der Waals surface area contributed by atoms with E-state index in [1.54, 1.807) is 7.11 Å². The highest BCUT2D eigenvalue weighted by Crippen LogP contribution is 2.29. The molecule has 2 bridgehead atoms. The first kappa shape index (κ1) is 13.6. The quantitative estimate of drug-likeness (QED) is 0.864. The third kappa shape index (κ3) is 2.43. The summed E-state index contributed by atoms with van der Waals surface area (Å²) in [5.41, 5.74) is 0.890. The Labute approximate surface area is 129 Å². The Kier molecular flexibility index (Phi) is 3.46. The predicted octanol–water partition coefficient (Wildman–Crippen LogP) is 2.03. The molecule has 0 N–H and O–H groups in total. The highest BCUT2D eigenvalue weighted by Gasteiger charge is 2.31. The Morgan fingerprint density at radius 3 is 2.82 bits per heavy atom. The summed E-state index contributed by atoms with van der Waals surface area (Å²) in [4.78, 5) is 4.79. The van der Waals surface area contributed by atoms with E-state index >= 15 is 0 Å². The van der Waals surface area contributed by atoms with Gasteiger partial charge in [-0.15, -0.1) is 5.10 Å². The number of methoxy groups -OCH3 is 1. The van der Waals surface area contributed by atoms with Gasteiger partial charge in [0.05, 0.1) is 7.11 Å². The first-order valence-electron chi connectivity index (χ1n) is 7.80. The van der Waals surface area contributed by atoms with Crippen LogP contribution in [-0.2, 0) is 0 Å². The molecule has 116 valence electrons. The van der Waals surface area contributed by atoms with Gasteiger partial charge in [-0.2, -0.15) is 0 Å². The summed E-state index contributed by atoms with van der Waals surface area (Å²) in [6, 6.07) is 8.88. The average Bonchev–Trinajstić information content (AvgIpc) is 2.88. The van der Waals surface area contributed by atoms with E-state index in [4.69, 9.17) is 9.15 Å². The number of piperidine rings is 1. The minimum absolute atomic E-state index is 0.525. The number of rotatable bonds is 3. The molecule has 6 heteroatoms. The first-order valence-corrected chi connectivity index (χ1v) is 7.80. The second kappa shape index (κ2) is 5.61. The molecule has 1 aromatic heterocycles. The third-order valence-electron chi connectivity index (χ3n) is 4.63. The van der Waals surface area contributed by atoms with E-state index in [2.05, 4.69) is 20.0 Å². The zero-order valence-corrected chi connectivity index (χ0v) is 12.7. The lowest BCUT2D eigenvalue weighted by atomic mass is 10.1. The number of anilines is 1. The maximum atomic E-state index is 5.94. The van der Waals surface area contributed by atoms with Crippen LogP contribution in [0.25, 0.3) is 11.5 Å². The van der Waals surface area contributed by atoms with Crippen molar-refractivity contribution in [2.75, 3.05) is 38.2 Å². The number of nitrogens with zero attached hydrogens (tertiary/aromatic N) is 4. The van der Waals surface area contributed by atoms with Crippen molar-refractivity contribution in [1.82, 2.24) is 15.1 Å². The van der Waals surface area contributed by atoms with Gasteiger partial charge in [-0.05, 0) is 31.0 Å². The summed E-state index contributed by atoms with van der Waals surface area (Å²) in [7, 11) is 1.65. The fraction of sp³-hybridized carbons (Fsp3) is 0.500. The molecule has 4 heterocycles. The fourth-order valence-corrected chi connectivity index (χ4v) is 3.34. The summed E-state index contributed by atoms with van der Waals surface area (Å²) in [6.07, 6.45) is 2.35. The normalized spacial score (nSPS) is 24.3. The molecule has 2 aromatic rings. The number of benzene rings is 1. The summed E-state index contributed by atoms with van der Waals surface area (Å²) < 4.78 is 11.2. The zero-order chi connectivity index (χ0) is 14.9. The van der Waals surface area contributed by atoms with Crippen LogP contribution < -0.4 is 9.64 Å². The van der Waals surface area contributed by atoms with Crippen LogP contribution in [0.1, 0.15) is 12.8 Å². The molecule has 3 fully saturated rings. The lowest BCUT2D eigenvalue weighted by molar-refractivity contribution is 0.249. The lowest BCUT2D eigenvalue weighted by Crippen LogP contribution is -2.38. The maximum absolute atomic E-state index is 5.94. The molecule has 6 nitrogen and oxygen atoms in total. The van der Waals surface area contributed by atoms with Crippen molar-refractivity contribution < 1.29 is 9.15 Å². The second-order valence-corrected chi connectivity index (χ2v) is 5.89. The van der Waals surface area contributed by atoms with E-state index in [0.29, 0.717) is 17.9 Å². The van der Waals surface area contributed by atoms with Crippen LogP contribution in [-0.4, -0.2) is 54.4 Å². The summed E-state index contributed by atoms with van der Waals surface area (Å²) in [5, 5.41) is 8.50. The monoisotopic (exact) mass is 300 g/mol. The molecular weight excluding hydrogens is 280 g/mol. The van der Waals surface area contributed by atoms with Crippen LogP contribution in [0.2, 0.25) is 0 Å². The van der Waals surface area contributed by atoms with Crippen molar-refractivity contribution in [3.05, 3.63) is 24.3 Å². The van der Waals surface area contributed by atoms with Crippen molar-refractivity contribution in [3.8, 4) is 17.2 Å². The molecule has 0 spiro atoms. The van der Waals surface area contributed by atoms with Gasteiger partial charge in [-0.1, -0.05) is 11.2 Å². The number of fused-ring (bicyclic) bond motifs is 4. The zero-order valence-electron chi connectivity index (χ0n) is 12.7. The average molecular weight is 300 g/mol. The SMILES string of the molecule is COc1cccc(-c2nnc(N3CCN4CCC3CC4)o2)c1. The standard InChI is InChI=1S/C16H20N4O2/c1-21-14-4-2-3-12(11-14)15-17-18-16(22-15)20-10-9-19-7-5-13(20)6-8-19/h2-4,11,13H,5-10H2,1H3. The molecule has 0 radical (unpaired) electrons. The van der Waals surface area contributed by atoms with Crippen molar-refractivity contribution >= 4 is 6.01 Å². The number of hydrogen-bond donors (Lipinski definition) is 0. The second-order valence-electron chi connectivity index (χ2n) is 5.89. The molecule has 5 rings (SSSR count). The predicted molar refractivity (Wildman–Crippen MR) is 83.1 cm³/mol. The Morgan fingerprint density at radius 1 is 1.14 bits per heavy atom. The highest BCUT2D eigenvalue weighted by atomic mass is 16.5. The smallest absolute Gasteiger partial charge is 0.318 e. The number of hydrogen-bond acceptors (Lipinski definition) is 6. The number of aromatic nitrogens is 2. The minimum atomic E-state index is 0.525. The largest absolute Gasteiger partial charge is 0.497 e. The van der Waals surface area contributed by atoms with Gasteiger partial charge in [0.1, 0.15) is 5.75 Å². The van der Waals surface area contributed by atoms with Gasteiger partial charge in [-0.25, -0.2) is 0 Å². The van der Waals surface area contributed by atoms with Gasteiger partial charge in [0.2, 0.25) is 5.89 Å². The van der Waals surface area contributed by atoms with Gasteiger partial charge in [-0.3, -0.25) is 0 Å². The fourth-order valence-electron chi connectivity index (χ4n) is 3.34. The van der Waals surface area contributed by atoms with E-state index in [1.165, 1.54) is 25.9 Å². The Hall–Kier alpha value is -2.08. The Bertz CT molecular complexity index is 649. The third-order valence-corrected chi connectivity index (χ3v) is 4.63. The highest BCUT2D eigenvalue weighted by molar-refractivity contribution is 5.56. The van der Waals surface area contributed by atoms with E-state index in [9.17, 15) is 0 Å². The summed E-state index contributed by atoms with van der Waals surface area (Å²) in [6.45, 7) is 4.40. The Balaban J connectivity index is 1.60. The minimum Gasteiger partial charge on any atom is -0.497 e. The molecule has 1 aromatic carbocycles. The van der Waals surface area contributed by atoms with Crippen molar-refractivity contribution in [2.24, 2.45) is 0 Å². The molecule has 0 unspecified atom stereocenters. The van der Waals surface area contributed by atoms with E-state index in [-0.39, 0.29) is 0 Å². The molecule has 0 aliphatic carbocycles. The van der Waals surface area contributed by atoms with Gasteiger partial charge >= 0.3 is 6.01 Å². The van der Waals surface area contributed by atoms with Crippen LogP contribution in [0, 0.1) is 0 Å². The van der Waals surface area contributed by atoms with Crippen molar-refractivity contribution in [3.63, 3.8) is 0 Å². The molecule has 0 atom stereocenters. The van der Waals surface area contributed by atoms with Gasteiger partial charge < -0.3 is 19.0 Å². The maximum Gasteiger partial charge on any atom is 0.318 e. The van der Waals surface area contributed by atoms with Crippen LogP contribution in [0.4, 0.5) is 6.01 Å². The van der Waals surface area contributed by atoms with Crippen LogP contribution in [0.3, 0.4) is 0 Å². The molecule has 0 amide bonds. The molecule has 3 saturated heterocycles. The van der Waals surface area contributed by atoms with Crippen LogP contribution >= 0.6 is 0 Å². The summed E-state index contributed by atoms with van der Waals surface area (Å²) in [5.74, 6) is 1.34. The van der Waals surface area contributed by atoms with E-state index in [1.807, 2.05) is 24.3 Å². The van der Waals surface area contributed by atoms with Crippen LogP contribution in [0.15, 0.2) is 28.7 Å². The summed E-state index contributed by atoms with van der Waals surface area (Å²) >= 11 is 0. The lowest BCUT2D eigenvalue weighted by Gasteiger charge is -2.29. The Morgan fingerprint density at radius 2 is 2.00 bits per heavy atom. The number of ether oxygens (including phenoxy) is 1. The molecule has 0 saturated carbocycles.